The molecule has 34 heavy (non-hydrogen) atoms. The number of ether oxygens (including phenoxy) is 4. The summed E-state index contributed by atoms with van der Waals surface area (Å²) in [7, 11) is 0. The molecule has 3 N–H and O–H groups in total. The number of pyridine rings is 1. The minimum Gasteiger partial charge on any atom is -0.394 e. The zero-order valence-electron chi connectivity index (χ0n) is 18.4. The first-order valence-electron chi connectivity index (χ1n) is 11.2. The summed E-state index contributed by atoms with van der Waals surface area (Å²) in [6.07, 6.45) is -1.59. The SMILES string of the molecule is NC(=O)c1ccc(CC2OC(c3ccccc3)OC3C(CO)OC(c4ccccc4)OC23)nc1. The molecule has 2 fully saturated rings. The molecule has 0 aliphatic carbocycles. The number of rotatable bonds is 6. The molecular weight excluding hydrogens is 436 g/mol. The van der Waals surface area contributed by atoms with Crippen molar-refractivity contribution < 1.29 is 28.8 Å². The number of aliphatic hydroxyl groups excluding tert-OH is 1. The van der Waals surface area contributed by atoms with Gasteiger partial charge in [-0.2, -0.15) is 0 Å². The zero-order chi connectivity index (χ0) is 23.5. The van der Waals surface area contributed by atoms with Crippen molar-refractivity contribution >= 4 is 5.91 Å². The first kappa shape index (κ1) is 22.6. The lowest BCUT2D eigenvalue weighted by molar-refractivity contribution is -0.384. The zero-order valence-corrected chi connectivity index (χ0v) is 18.4. The number of nitrogens with zero attached hydrogens (tertiary/aromatic N) is 1. The van der Waals surface area contributed by atoms with E-state index in [9.17, 15) is 9.90 Å². The van der Waals surface area contributed by atoms with Crippen molar-refractivity contribution in [2.75, 3.05) is 6.61 Å². The van der Waals surface area contributed by atoms with Crippen LogP contribution in [0.4, 0.5) is 0 Å². The number of aromatic nitrogens is 1. The molecule has 3 aromatic rings. The summed E-state index contributed by atoms with van der Waals surface area (Å²) in [5, 5.41) is 10.2. The molecule has 176 valence electrons. The summed E-state index contributed by atoms with van der Waals surface area (Å²) >= 11 is 0. The fourth-order valence-corrected chi connectivity index (χ4v) is 4.32. The van der Waals surface area contributed by atoms with Crippen LogP contribution < -0.4 is 5.73 Å². The highest BCUT2D eigenvalue weighted by molar-refractivity contribution is 5.92. The third-order valence-electron chi connectivity index (χ3n) is 6.06. The van der Waals surface area contributed by atoms with Crippen LogP contribution in [0.2, 0.25) is 0 Å². The minimum atomic E-state index is -0.673. The maximum Gasteiger partial charge on any atom is 0.250 e. The van der Waals surface area contributed by atoms with Gasteiger partial charge < -0.3 is 29.8 Å². The van der Waals surface area contributed by atoms with Gasteiger partial charge >= 0.3 is 0 Å². The van der Waals surface area contributed by atoms with Gasteiger partial charge in [0.25, 0.3) is 0 Å². The van der Waals surface area contributed by atoms with Gasteiger partial charge in [0.2, 0.25) is 5.91 Å². The molecule has 6 atom stereocenters. The predicted molar refractivity (Wildman–Crippen MR) is 121 cm³/mol. The molecule has 2 aliphatic heterocycles. The second-order valence-electron chi connectivity index (χ2n) is 8.32. The van der Waals surface area contributed by atoms with Crippen molar-refractivity contribution in [3.05, 3.63) is 101 Å². The van der Waals surface area contributed by atoms with E-state index in [0.29, 0.717) is 12.0 Å². The highest BCUT2D eigenvalue weighted by Gasteiger charge is 2.50. The number of primary amides is 1. The number of fused-ring (bicyclic) bond motifs is 1. The fourth-order valence-electron chi connectivity index (χ4n) is 4.32. The Labute approximate surface area is 197 Å². The fraction of sp³-hybridized carbons (Fsp3) is 0.308. The van der Waals surface area contributed by atoms with Crippen LogP contribution in [0.25, 0.3) is 0 Å². The van der Waals surface area contributed by atoms with Crippen molar-refractivity contribution in [3.63, 3.8) is 0 Å². The molecule has 0 saturated carbocycles. The summed E-state index contributed by atoms with van der Waals surface area (Å²) in [4.78, 5) is 15.8. The van der Waals surface area contributed by atoms with Gasteiger partial charge in [0.1, 0.15) is 18.3 Å². The Hall–Kier alpha value is -3.14. The molecule has 8 heteroatoms. The number of hydrogen-bond donors (Lipinski definition) is 2. The lowest BCUT2D eigenvalue weighted by Crippen LogP contribution is -2.59. The maximum absolute atomic E-state index is 11.4. The number of carbonyl (C=O) groups is 1. The van der Waals surface area contributed by atoms with Gasteiger partial charge in [-0.15, -0.1) is 0 Å². The summed E-state index contributed by atoms with van der Waals surface area (Å²) in [6.45, 7) is -0.229. The summed E-state index contributed by atoms with van der Waals surface area (Å²) in [6, 6.07) is 22.5. The normalized spacial score (nSPS) is 28.7. The Balaban J connectivity index is 1.45. The number of benzene rings is 2. The van der Waals surface area contributed by atoms with E-state index in [2.05, 4.69) is 4.98 Å². The van der Waals surface area contributed by atoms with E-state index in [4.69, 9.17) is 24.7 Å². The van der Waals surface area contributed by atoms with Gasteiger partial charge in [0, 0.05) is 29.4 Å². The molecule has 2 saturated heterocycles. The summed E-state index contributed by atoms with van der Waals surface area (Å²) in [5.41, 5.74) is 8.09. The number of carbonyl (C=O) groups excluding carboxylic acids is 1. The highest BCUT2D eigenvalue weighted by Crippen LogP contribution is 2.41. The van der Waals surface area contributed by atoms with Crippen molar-refractivity contribution in [2.24, 2.45) is 5.73 Å². The lowest BCUT2D eigenvalue weighted by Gasteiger charge is -2.49. The van der Waals surface area contributed by atoms with Crippen LogP contribution >= 0.6 is 0 Å². The predicted octanol–water partition coefficient (Wildman–Crippen LogP) is 2.68. The van der Waals surface area contributed by atoms with Crippen LogP contribution in [0.3, 0.4) is 0 Å². The largest absolute Gasteiger partial charge is 0.394 e. The third-order valence-corrected chi connectivity index (χ3v) is 6.06. The minimum absolute atomic E-state index is 0.229. The monoisotopic (exact) mass is 462 g/mol. The number of amides is 1. The van der Waals surface area contributed by atoms with Crippen molar-refractivity contribution in [1.82, 2.24) is 4.98 Å². The van der Waals surface area contributed by atoms with Crippen LogP contribution in [0.15, 0.2) is 79.0 Å². The molecule has 1 aromatic heterocycles. The Bertz CT molecular complexity index is 1100. The summed E-state index contributed by atoms with van der Waals surface area (Å²) < 4.78 is 25.1. The van der Waals surface area contributed by atoms with Gasteiger partial charge in [-0.1, -0.05) is 60.7 Å². The van der Waals surface area contributed by atoms with Crippen molar-refractivity contribution in [1.29, 1.82) is 0 Å². The van der Waals surface area contributed by atoms with E-state index in [1.165, 1.54) is 6.20 Å². The average molecular weight is 463 g/mol. The van der Waals surface area contributed by atoms with Crippen LogP contribution in [-0.2, 0) is 25.4 Å². The van der Waals surface area contributed by atoms with E-state index < -0.39 is 42.9 Å². The molecule has 2 aromatic carbocycles. The molecule has 0 bridgehead atoms. The van der Waals surface area contributed by atoms with Gasteiger partial charge in [-0.05, 0) is 12.1 Å². The number of hydrogen-bond acceptors (Lipinski definition) is 7. The Morgan fingerprint density at radius 2 is 1.35 bits per heavy atom. The first-order valence-corrected chi connectivity index (χ1v) is 11.2. The van der Waals surface area contributed by atoms with Crippen LogP contribution in [0.5, 0.6) is 0 Å². The van der Waals surface area contributed by atoms with Crippen LogP contribution in [-0.4, -0.2) is 47.0 Å². The standard InChI is InChI=1S/C26H26N2O6/c27-24(30)18-11-12-19(28-14-18)13-20-22-23(34-25(31-20)16-7-3-1-4-8-16)21(15-29)32-26(33-22)17-9-5-2-6-10-17/h1-12,14,20-23,25-26,29H,13,15H2,(H2,27,30). The quantitative estimate of drug-likeness (QED) is 0.579. The average Bonchev–Trinajstić information content (AvgIpc) is 2.89. The summed E-state index contributed by atoms with van der Waals surface area (Å²) in [5.74, 6) is -0.533. The smallest absolute Gasteiger partial charge is 0.250 e. The van der Waals surface area contributed by atoms with E-state index in [0.717, 1.165) is 16.8 Å². The molecule has 0 spiro atoms. The molecule has 6 unspecified atom stereocenters. The molecule has 0 radical (unpaired) electrons. The van der Waals surface area contributed by atoms with Crippen molar-refractivity contribution in [3.8, 4) is 0 Å². The number of nitrogens with two attached hydrogens (primary N) is 1. The van der Waals surface area contributed by atoms with E-state index in [-0.39, 0.29) is 6.61 Å². The highest BCUT2D eigenvalue weighted by atomic mass is 16.8. The van der Waals surface area contributed by atoms with Gasteiger partial charge in [0.05, 0.1) is 18.3 Å². The van der Waals surface area contributed by atoms with E-state index in [1.54, 1.807) is 12.1 Å². The topological polar surface area (TPSA) is 113 Å². The maximum atomic E-state index is 11.4. The van der Waals surface area contributed by atoms with Gasteiger partial charge in [-0.3, -0.25) is 9.78 Å². The molecule has 3 heterocycles. The van der Waals surface area contributed by atoms with E-state index >= 15 is 0 Å². The van der Waals surface area contributed by atoms with Crippen molar-refractivity contribution in [2.45, 2.75) is 43.4 Å². The van der Waals surface area contributed by atoms with Gasteiger partial charge in [-0.25, -0.2) is 0 Å². The lowest BCUT2D eigenvalue weighted by atomic mass is 9.95. The Morgan fingerprint density at radius 1 is 0.794 bits per heavy atom. The third kappa shape index (κ3) is 4.72. The first-order chi connectivity index (χ1) is 16.6. The van der Waals surface area contributed by atoms with E-state index in [1.807, 2.05) is 60.7 Å². The molecule has 8 nitrogen and oxygen atoms in total. The molecular formula is C26H26N2O6. The molecule has 2 aliphatic rings. The van der Waals surface area contributed by atoms with Crippen LogP contribution in [0, 0.1) is 0 Å². The Kier molecular flexibility index (Phi) is 6.66. The second-order valence-corrected chi connectivity index (χ2v) is 8.32. The number of aliphatic hydroxyl groups is 1. The molecule has 5 rings (SSSR count). The van der Waals surface area contributed by atoms with Crippen LogP contribution in [0.1, 0.15) is 39.8 Å². The Morgan fingerprint density at radius 3 is 1.85 bits per heavy atom. The molecule has 1 amide bonds. The second kappa shape index (κ2) is 10.0. The van der Waals surface area contributed by atoms with Gasteiger partial charge in [0.15, 0.2) is 12.6 Å².